The van der Waals surface area contributed by atoms with Gasteiger partial charge in [0.15, 0.2) is 0 Å². The van der Waals surface area contributed by atoms with Crippen molar-refractivity contribution in [3.63, 3.8) is 0 Å². The van der Waals surface area contributed by atoms with Gasteiger partial charge in [-0.25, -0.2) is 0 Å². The van der Waals surface area contributed by atoms with E-state index in [4.69, 9.17) is 4.74 Å². The predicted octanol–water partition coefficient (Wildman–Crippen LogP) is 3.46. The summed E-state index contributed by atoms with van der Waals surface area (Å²) < 4.78 is 5.54. The fourth-order valence-corrected chi connectivity index (χ4v) is 1.67. The number of phenolic OH excluding ortho intramolecular Hbond substituents is 1. The fraction of sp³-hybridized carbons (Fsp3) is 0.143. The molecule has 0 aliphatic heterocycles. The summed E-state index contributed by atoms with van der Waals surface area (Å²) >= 11 is 0. The molecule has 0 fully saturated rings. The topological polar surface area (TPSA) is 29.5 Å². The molecule has 0 amide bonds. The van der Waals surface area contributed by atoms with Crippen molar-refractivity contribution in [2.75, 3.05) is 6.61 Å². The first-order valence-corrected chi connectivity index (χ1v) is 5.33. The summed E-state index contributed by atoms with van der Waals surface area (Å²) in [5.74, 6) is 1.07. The van der Waals surface area contributed by atoms with Gasteiger partial charge >= 0.3 is 0 Å². The van der Waals surface area contributed by atoms with Crippen molar-refractivity contribution >= 4 is 0 Å². The molecule has 0 spiro atoms. The van der Waals surface area contributed by atoms with E-state index in [0.29, 0.717) is 6.61 Å². The van der Waals surface area contributed by atoms with Gasteiger partial charge in [-0.05, 0) is 19.1 Å². The van der Waals surface area contributed by atoms with Crippen LogP contribution in [0.25, 0.3) is 11.1 Å². The summed E-state index contributed by atoms with van der Waals surface area (Å²) in [7, 11) is 0. The van der Waals surface area contributed by atoms with Gasteiger partial charge in [0.05, 0.1) is 6.61 Å². The van der Waals surface area contributed by atoms with E-state index in [2.05, 4.69) is 0 Å². The molecule has 2 aromatic rings. The second-order valence-corrected chi connectivity index (χ2v) is 3.45. The van der Waals surface area contributed by atoms with Crippen LogP contribution in [0.2, 0.25) is 0 Å². The average molecular weight is 214 g/mol. The van der Waals surface area contributed by atoms with Crippen LogP contribution >= 0.6 is 0 Å². The molecule has 2 aromatic carbocycles. The summed E-state index contributed by atoms with van der Waals surface area (Å²) in [4.78, 5) is 0. The highest BCUT2D eigenvalue weighted by atomic mass is 16.5. The van der Waals surface area contributed by atoms with E-state index < -0.39 is 0 Å². The van der Waals surface area contributed by atoms with Crippen molar-refractivity contribution in [1.82, 2.24) is 0 Å². The monoisotopic (exact) mass is 214 g/mol. The van der Waals surface area contributed by atoms with Gasteiger partial charge in [-0.15, -0.1) is 0 Å². The molecular formula is C14H14O2. The lowest BCUT2D eigenvalue weighted by molar-refractivity contribution is 0.341. The van der Waals surface area contributed by atoms with Crippen LogP contribution in [-0.4, -0.2) is 11.7 Å². The third-order valence-corrected chi connectivity index (χ3v) is 2.38. The SMILES string of the molecule is CCOc1ccccc1-c1ccccc1O. The zero-order valence-corrected chi connectivity index (χ0v) is 9.18. The van der Waals surface area contributed by atoms with Crippen LogP contribution < -0.4 is 4.74 Å². The van der Waals surface area contributed by atoms with Crippen molar-refractivity contribution < 1.29 is 9.84 Å². The Hall–Kier alpha value is -1.96. The molecule has 0 heterocycles. The van der Waals surface area contributed by atoms with Crippen molar-refractivity contribution in [3.05, 3.63) is 48.5 Å². The van der Waals surface area contributed by atoms with Crippen LogP contribution in [-0.2, 0) is 0 Å². The number of aromatic hydroxyl groups is 1. The molecule has 2 rings (SSSR count). The number of hydrogen-bond donors (Lipinski definition) is 1. The van der Waals surface area contributed by atoms with E-state index in [1.165, 1.54) is 0 Å². The molecule has 0 atom stereocenters. The molecule has 0 saturated heterocycles. The maximum Gasteiger partial charge on any atom is 0.127 e. The first kappa shape index (κ1) is 10.6. The largest absolute Gasteiger partial charge is 0.507 e. The molecule has 2 heteroatoms. The van der Waals surface area contributed by atoms with Crippen LogP contribution in [0.5, 0.6) is 11.5 Å². The van der Waals surface area contributed by atoms with Gasteiger partial charge in [0.2, 0.25) is 0 Å². The van der Waals surface area contributed by atoms with Gasteiger partial charge < -0.3 is 9.84 Å². The normalized spacial score (nSPS) is 10.1. The number of rotatable bonds is 3. The maximum atomic E-state index is 9.80. The van der Waals surface area contributed by atoms with E-state index >= 15 is 0 Å². The minimum atomic E-state index is 0.273. The Labute approximate surface area is 95.1 Å². The second-order valence-electron chi connectivity index (χ2n) is 3.45. The summed E-state index contributed by atoms with van der Waals surface area (Å²) in [6.45, 7) is 2.56. The highest BCUT2D eigenvalue weighted by Crippen LogP contribution is 2.35. The smallest absolute Gasteiger partial charge is 0.127 e. The third kappa shape index (κ3) is 2.01. The lowest BCUT2D eigenvalue weighted by Gasteiger charge is -2.10. The van der Waals surface area contributed by atoms with Crippen molar-refractivity contribution in [2.45, 2.75) is 6.92 Å². The van der Waals surface area contributed by atoms with Crippen molar-refractivity contribution in [1.29, 1.82) is 0 Å². The van der Waals surface area contributed by atoms with E-state index in [1.54, 1.807) is 6.07 Å². The Balaban J connectivity index is 2.51. The van der Waals surface area contributed by atoms with Crippen LogP contribution in [0.4, 0.5) is 0 Å². The van der Waals surface area contributed by atoms with Gasteiger partial charge in [0.1, 0.15) is 11.5 Å². The predicted molar refractivity (Wildman–Crippen MR) is 64.7 cm³/mol. The van der Waals surface area contributed by atoms with Crippen LogP contribution in [0.1, 0.15) is 6.92 Å². The molecular weight excluding hydrogens is 200 g/mol. The molecule has 0 aliphatic rings. The van der Waals surface area contributed by atoms with Crippen LogP contribution in [0.3, 0.4) is 0 Å². The lowest BCUT2D eigenvalue weighted by atomic mass is 10.0. The van der Waals surface area contributed by atoms with E-state index in [-0.39, 0.29) is 5.75 Å². The van der Waals surface area contributed by atoms with E-state index in [1.807, 2.05) is 49.4 Å². The molecule has 82 valence electrons. The Kier molecular flexibility index (Phi) is 3.10. The quantitative estimate of drug-likeness (QED) is 0.847. The first-order valence-electron chi connectivity index (χ1n) is 5.33. The van der Waals surface area contributed by atoms with Crippen LogP contribution in [0.15, 0.2) is 48.5 Å². The van der Waals surface area contributed by atoms with Gasteiger partial charge in [-0.3, -0.25) is 0 Å². The Morgan fingerprint density at radius 3 is 2.25 bits per heavy atom. The third-order valence-electron chi connectivity index (χ3n) is 2.38. The molecule has 16 heavy (non-hydrogen) atoms. The molecule has 0 bridgehead atoms. The highest BCUT2D eigenvalue weighted by molar-refractivity contribution is 5.75. The molecule has 0 unspecified atom stereocenters. The molecule has 1 N–H and O–H groups in total. The molecule has 0 aliphatic carbocycles. The number of ether oxygens (including phenoxy) is 1. The molecule has 0 saturated carbocycles. The number of para-hydroxylation sites is 2. The fourth-order valence-electron chi connectivity index (χ4n) is 1.67. The van der Waals surface area contributed by atoms with Crippen LogP contribution in [0, 0.1) is 0 Å². The van der Waals surface area contributed by atoms with E-state index in [9.17, 15) is 5.11 Å². The van der Waals surface area contributed by atoms with Crippen molar-refractivity contribution in [2.24, 2.45) is 0 Å². The Bertz CT molecular complexity index is 478. The summed E-state index contributed by atoms with van der Waals surface area (Å²) in [6, 6.07) is 15.0. The number of phenols is 1. The number of benzene rings is 2. The highest BCUT2D eigenvalue weighted by Gasteiger charge is 2.08. The van der Waals surface area contributed by atoms with Crippen molar-refractivity contribution in [3.8, 4) is 22.6 Å². The standard InChI is InChI=1S/C14H14O2/c1-2-16-14-10-6-4-8-12(14)11-7-3-5-9-13(11)15/h3-10,15H,2H2,1H3. The van der Waals surface area contributed by atoms with Gasteiger partial charge in [0.25, 0.3) is 0 Å². The molecule has 0 aromatic heterocycles. The Morgan fingerprint density at radius 2 is 1.56 bits per heavy atom. The lowest BCUT2D eigenvalue weighted by Crippen LogP contribution is -1.93. The summed E-state index contributed by atoms with van der Waals surface area (Å²) in [5, 5.41) is 9.80. The minimum absolute atomic E-state index is 0.273. The molecule has 2 nitrogen and oxygen atoms in total. The maximum absolute atomic E-state index is 9.80. The zero-order chi connectivity index (χ0) is 11.4. The minimum Gasteiger partial charge on any atom is -0.507 e. The van der Waals surface area contributed by atoms with Gasteiger partial charge in [-0.1, -0.05) is 36.4 Å². The average Bonchev–Trinajstić information content (AvgIpc) is 2.31. The van der Waals surface area contributed by atoms with E-state index in [0.717, 1.165) is 16.9 Å². The molecule has 0 radical (unpaired) electrons. The second kappa shape index (κ2) is 4.71. The van der Waals surface area contributed by atoms with Gasteiger partial charge in [-0.2, -0.15) is 0 Å². The zero-order valence-electron chi connectivity index (χ0n) is 9.18. The first-order chi connectivity index (χ1) is 7.83. The number of hydrogen-bond acceptors (Lipinski definition) is 2. The van der Waals surface area contributed by atoms with Gasteiger partial charge in [0, 0.05) is 11.1 Å². The summed E-state index contributed by atoms with van der Waals surface area (Å²) in [5.41, 5.74) is 1.72. The Morgan fingerprint density at radius 1 is 0.938 bits per heavy atom. The summed E-state index contributed by atoms with van der Waals surface area (Å²) in [6.07, 6.45) is 0.